The summed E-state index contributed by atoms with van der Waals surface area (Å²) in [5.41, 5.74) is 10.1. The average molecular weight is 243 g/mol. The lowest BCUT2D eigenvalue weighted by Gasteiger charge is -2.23. The molecule has 0 aromatic rings. The van der Waals surface area contributed by atoms with E-state index in [1.54, 1.807) is 13.8 Å². The molecule has 0 saturated heterocycles. The van der Waals surface area contributed by atoms with Gasteiger partial charge in [-0.25, -0.2) is 0 Å². The Morgan fingerprint density at radius 2 is 1.82 bits per heavy atom. The summed E-state index contributed by atoms with van der Waals surface area (Å²) < 4.78 is 0. The van der Waals surface area contributed by atoms with Gasteiger partial charge in [0.2, 0.25) is 11.8 Å². The topological polar surface area (TPSA) is 98.2 Å². The number of nitrogens with one attached hydrogen (secondary N) is 1. The Morgan fingerprint density at radius 3 is 2.18 bits per heavy atom. The van der Waals surface area contributed by atoms with E-state index in [1.165, 1.54) is 0 Å². The summed E-state index contributed by atoms with van der Waals surface area (Å²) >= 11 is 0. The van der Waals surface area contributed by atoms with Crippen molar-refractivity contribution < 1.29 is 9.59 Å². The van der Waals surface area contributed by atoms with Crippen LogP contribution < -0.4 is 16.8 Å². The molecule has 100 valence electrons. The van der Waals surface area contributed by atoms with E-state index < -0.39 is 11.3 Å². The van der Waals surface area contributed by atoms with Gasteiger partial charge >= 0.3 is 0 Å². The Morgan fingerprint density at radius 1 is 1.29 bits per heavy atom. The summed E-state index contributed by atoms with van der Waals surface area (Å²) in [5.74, 6) is -0.307. The number of amides is 2. The van der Waals surface area contributed by atoms with Crippen LogP contribution in [-0.4, -0.2) is 24.9 Å². The van der Waals surface area contributed by atoms with E-state index in [1.807, 2.05) is 13.8 Å². The first-order valence-corrected chi connectivity index (χ1v) is 5.98. The summed E-state index contributed by atoms with van der Waals surface area (Å²) in [7, 11) is 0. The maximum Gasteiger partial charge on any atom is 0.224 e. The van der Waals surface area contributed by atoms with Crippen LogP contribution in [0.25, 0.3) is 0 Å². The molecule has 0 aliphatic carbocycles. The van der Waals surface area contributed by atoms with E-state index in [2.05, 4.69) is 5.32 Å². The molecule has 5 N–H and O–H groups in total. The van der Waals surface area contributed by atoms with Crippen molar-refractivity contribution in [2.75, 3.05) is 13.1 Å². The van der Waals surface area contributed by atoms with E-state index in [0.717, 1.165) is 6.42 Å². The smallest absolute Gasteiger partial charge is 0.224 e. The van der Waals surface area contributed by atoms with Crippen LogP contribution >= 0.6 is 0 Å². The van der Waals surface area contributed by atoms with Gasteiger partial charge in [-0.15, -0.1) is 0 Å². The molecule has 0 aromatic carbocycles. The van der Waals surface area contributed by atoms with Crippen LogP contribution in [0.2, 0.25) is 0 Å². The van der Waals surface area contributed by atoms with Crippen LogP contribution in [0.1, 0.15) is 34.1 Å². The molecule has 2 amide bonds. The molecule has 0 aliphatic rings. The highest BCUT2D eigenvalue weighted by molar-refractivity contribution is 5.82. The molecule has 0 radical (unpaired) electrons. The van der Waals surface area contributed by atoms with Crippen molar-refractivity contribution in [1.82, 2.24) is 5.32 Å². The summed E-state index contributed by atoms with van der Waals surface area (Å²) in [5, 5.41) is 2.74. The molecule has 1 unspecified atom stereocenters. The number of carbonyl (C=O) groups excluding carboxylic acids is 2. The van der Waals surface area contributed by atoms with Gasteiger partial charge < -0.3 is 16.8 Å². The van der Waals surface area contributed by atoms with Crippen molar-refractivity contribution in [3.8, 4) is 0 Å². The molecule has 0 aliphatic heterocycles. The van der Waals surface area contributed by atoms with Gasteiger partial charge in [0.15, 0.2) is 0 Å². The SMILES string of the molecule is CC(C)CC(CN)C(=O)NCC(C)(C)C(N)=O. The lowest BCUT2D eigenvalue weighted by Crippen LogP contribution is -2.45. The third-order valence-electron chi connectivity index (χ3n) is 2.78. The molecule has 0 spiro atoms. The first-order chi connectivity index (χ1) is 7.70. The number of carbonyl (C=O) groups is 2. The van der Waals surface area contributed by atoms with Crippen LogP contribution in [0.15, 0.2) is 0 Å². The number of rotatable bonds is 7. The van der Waals surface area contributed by atoms with Gasteiger partial charge in [0.25, 0.3) is 0 Å². The summed E-state index contributed by atoms with van der Waals surface area (Å²) in [6.45, 7) is 8.06. The average Bonchev–Trinajstić information content (AvgIpc) is 2.22. The Hall–Kier alpha value is -1.10. The Kier molecular flexibility index (Phi) is 6.16. The first kappa shape index (κ1) is 15.9. The van der Waals surface area contributed by atoms with E-state index in [0.29, 0.717) is 12.5 Å². The second kappa shape index (κ2) is 6.59. The lowest BCUT2D eigenvalue weighted by atomic mass is 9.91. The molecule has 5 nitrogen and oxygen atoms in total. The van der Waals surface area contributed by atoms with E-state index in [4.69, 9.17) is 11.5 Å². The molecule has 0 rings (SSSR count). The third-order valence-corrected chi connectivity index (χ3v) is 2.78. The number of primary amides is 1. The molecule has 0 fully saturated rings. The second-order valence-electron chi connectivity index (χ2n) is 5.53. The van der Waals surface area contributed by atoms with Gasteiger partial charge in [-0.1, -0.05) is 13.8 Å². The highest BCUT2D eigenvalue weighted by Crippen LogP contribution is 2.14. The quantitative estimate of drug-likeness (QED) is 0.597. The van der Waals surface area contributed by atoms with E-state index >= 15 is 0 Å². The molecular formula is C12H25N3O2. The normalized spacial score (nSPS) is 13.5. The zero-order valence-electron chi connectivity index (χ0n) is 11.2. The number of hydrogen-bond donors (Lipinski definition) is 3. The van der Waals surface area contributed by atoms with E-state index in [-0.39, 0.29) is 18.4 Å². The van der Waals surface area contributed by atoms with Crippen molar-refractivity contribution in [3.05, 3.63) is 0 Å². The maximum absolute atomic E-state index is 11.8. The minimum Gasteiger partial charge on any atom is -0.369 e. The highest BCUT2D eigenvalue weighted by atomic mass is 16.2. The van der Waals surface area contributed by atoms with Crippen molar-refractivity contribution in [3.63, 3.8) is 0 Å². The minimum atomic E-state index is -0.730. The standard InChI is InChI=1S/C12H25N3O2/c1-8(2)5-9(6-13)10(16)15-7-12(3,4)11(14)17/h8-9H,5-7,13H2,1-4H3,(H2,14,17)(H,15,16). The molecule has 0 aromatic heterocycles. The minimum absolute atomic E-state index is 0.101. The predicted molar refractivity (Wildman–Crippen MR) is 68.0 cm³/mol. The fraction of sp³-hybridized carbons (Fsp3) is 0.833. The highest BCUT2D eigenvalue weighted by Gasteiger charge is 2.27. The third kappa shape index (κ3) is 5.68. The second-order valence-corrected chi connectivity index (χ2v) is 5.53. The van der Waals surface area contributed by atoms with Crippen LogP contribution in [0.5, 0.6) is 0 Å². The molecule has 1 atom stereocenters. The van der Waals surface area contributed by atoms with Crippen molar-refractivity contribution in [2.24, 2.45) is 28.7 Å². The van der Waals surface area contributed by atoms with E-state index in [9.17, 15) is 9.59 Å². The summed E-state index contributed by atoms with van der Waals surface area (Å²) in [6.07, 6.45) is 0.749. The van der Waals surface area contributed by atoms with Gasteiger partial charge in [-0.3, -0.25) is 9.59 Å². The summed E-state index contributed by atoms with van der Waals surface area (Å²) in [4.78, 5) is 22.9. The summed E-state index contributed by atoms with van der Waals surface area (Å²) in [6, 6.07) is 0. The first-order valence-electron chi connectivity index (χ1n) is 5.98. The van der Waals surface area contributed by atoms with Gasteiger partial charge in [0.1, 0.15) is 0 Å². The lowest BCUT2D eigenvalue weighted by molar-refractivity contribution is -0.128. The largest absolute Gasteiger partial charge is 0.369 e. The Balaban J connectivity index is 4.29. The van der Waals surface area contributed by atoms with Gasteiger partial charge in [0, 0.05) is 13.1 Å². The molecule has 0 saturated carbocycles. The van der Waals surface area contributed by atoms with Gasteiger partial charge in [-0.05, 0) is 26.2 Å². The molecule has 0 bridgehead atoms. The number of nitrogens with two attached hydrogens (primary N) is 2. The monoisotopic (exact) mass is 243 g/mol. The zero-order valence-corrected chi connectivity index (χ0v) is 11.2. The molecule has 17 heavy (non-hydrogen) atoms. The van der Waals surface area contributed by atoms with Crippen molar-refractivity contribution in [2.45, 2.75) is 34.1 Å². The Bertz CT molecular complexity index is 275. The molecule has 0 heterocycles. The zero-order chi connectivity index (χ0) is 13.6. The van der Waals surface area contributed by atoms with Crippen molar-refractivity contribution >= 4 is 11.8 Å². The van der Waals surface area contributed by atoms with Crippen LogP contribution in [0.3, 0.4) is 0 Å². The van der Waals surface area contributed by atoms with Crippen molar-refractivity contribution in [1.29, 1.82) is 0 Å². The number of hydrogen-bond acceptors (Lipinski definition) is 3. The predicted octanol–water partition coefficient (Wildman–Crippen LogP) is 0.235. The maximum atomic E-state index is 11.8. The van der Waals surface area contributed by atoms with Gasteiger partial charge in [-0.2, -0.15) is 0 Å². The fourth-order valence-corrected chi connectivity index (χ4v) is 1.42. The Labute approximate surface area is 103 Å². The fourth-order valence-electron chi connectivity index (χ4n) is 1.42. The molecule has 5 heteroatoms. The van der Waals surface area contributed by atoms with Crippen LogP contribution in [0, 0.1) is 17.3 Å². The molecular weight excluding hydrogens is 218 g/mol. The van der Waals surface area contributed by atoms with Crippen LogP contribution in [-0.2, 0) is 9.59 Å². The van der Waals surface area contributed by atoms with Gasteiger partial charge in [0.05, 0.1) is 11.3 Å². The van der Waals surface area contributed by atoms with Crippen LogP contribution in [0.4, 0.5) is 0 Å².